The van der Waals surface area contributed by atoms with Crippen molar-refractivity contribution in [2.75, 3.05) is 53.7 Å². The van der Waals surface area contributed by atoms with Gasteiger partial charge in [-0.3, -0.25) is 4.79 Å². The lowest BCUT2D eigenvalue weighted by molar-refractivity contribution is -0.147. The van der Waals surface area contributed by atoms with Gasteiger partial charge in [0.1, 0.15) is 12.1 Å². The first-order valence-electron chi connectivity index (χ1n) is 9.66. The molecule has 172 valence electrons. The molecule has 0 spiro atoms. The highest BCUT2D eigenvalue weighted by Crippen LogP contribution is 2.20. The van der Waals surface area contributed by atoms with Crippen molar-refractivity contribution in [3.05, 3.63) is 24.3 Å². The minimum absolute atomic E-state index is 0. The van der Waals surface area contributed by atoms with Crippen LogP contribution in [-0.4, -0.2) is 67.4 Å². The average Bonchev–Trinajstić information content (AvgIpc) is 2.71. The number of hydrogen-bond donors (Lipinski definition) is 2. The molecule has 0 bridgehead atoms. The van der Waals surface area contributed by atoms with E-state index in [0.29, 0.717) is 31.3 Å². The highest BCUT2D eigenvalue weighted by Gasteiger charge is 2.24. The monoisotopic (exact) mass is 499 g/mol. The first-order chi connectivity index (χ1) is 14.0. The fourth-order valence-corrected chi connectivity index (χ4v) is 3.59. The van der Waals surface area contributed by atoms with Gasteiger partial charge in [-0.25, -0.2) is 4.79 Å². The highest BCUT2D eigenvalue weighted by molar-refractivity contribution is 7.98. The van der Waals surface area contributed by atoms with Gasteiger partial charge in [-0.05, 0) is 50.5 Å². The van der Waals surface area contributed by atoms with Gasteiger partial charge in [0.25, 0.3) is 0 Å². The molecule has 1 aromatic carbocycles. The second kappa shape index (κ2) is 16.6. The number of nitrogens with zero attached hydrogens (tertiary/aromatic N) is 1. The molecule has 0 heterocycles. The largest absolute Gasteiger partial charge is 0.464 e. The first kappa shape index (κ1) is 29.0. The number of amides is 1. The van der Waals surface area contributed by atoms with Crippen molar-refractivity contribution in [1.82, 2.24) is 5.32 Å². The van der Waals surface area contributed by atoms with E-state index in [0.717, 1.165) is 17.1 Å². The number of benzene rings is 1. The zero-order valence-corrected chi connectivity index (χ0v) is 20.8. The van der Waals surface area contributed by atoms with Crippen LogP contribution >= 0.6 is 47.4 Å². The standard InChI is InChI=1S/C20H31Cl2N3O3S.ClH/c1-4-28-20(27)18(8-13-29-3)24-19(26)15(2)23-16-6-5-7-17(14-16)25(11-9-21)12-10-22;/h5-7,14-15,18,23H,4,8-13H2,1-3H3,(H,24,26);1H/t15-,18-;/m0./s1. The van der Waals surface area contributed by atoms with Gasteiger partial charge in [-0.15, -0.1) is 35.6 Å². The summed E-state index contributed by atoms with van der Waals surface area (Å²) in [5.74, 6) is 1.09. The highest BCUT2D eigenvalue weighted by atomic mass is 35.5. The van der Waals surface area contributed by atoms with Crippen molar-refractivity contribution in [3.8, 4) is 0 Å². The summed E-state index contributed by atoms with van der Waals surface area (Å²) in [5, 5.41) is 5.99. The molecule has 0 fully saturated rings. The van der Waals surface area contributed by atoms with Crippen molar-refractivity contribution in [1.29, 1.82) is 0 Å². The normalized spacial score (nSPS) is 12.3. The van der Waals surface area contributed by atoms with Gasteiger partial charge in [0, 0.05) is 36.2 Å². The van der Waals surface area contributed by atoms with E-state index >= 15 is 0 Å². The molecule has 2 N–H and O–H groups in total. The van der Waals surface area contributed by atoms with Crippen LogP contribution in [-0.2, 0) is 14.3 Å². The maximum absolute atomic E-state index is 12.6. The number of carbonyl (C=O) groups excluding carboxylic acids is 2. The predicted molar refractivity (Wildman–Crippen MR) is 132 cm³/mol. The summed E-state index contributed by atoms with van der Waals surface area (Å²) < 4.78 is 5.08. The van der Waals surface area contributed by atoms with E-state index in [1.54, 1.807) is 25.6 Å². The van der Waals surface area contributed by atoms with Crippen LogP contribution in [0.1, 0.15) is 20.3 Å². The number of ether oxygens (including phenoxy) is 1. The molecule has 0 unspecified atom stereocenters. The van der Waals surface area contributed by atoms with Gasteiger partial charge in [0.2, 0.25) is 5.91 Å². The molecule has 30 heavy (non-hydrogen) atoms. The third-order valence-corrected chi connectivity index (χ3v) is 5.18. The molecule has 1 aromatic rings. The second-order valence-electron chi connectivity index (χ2n) is 6.38. The van der Waals surface area contributed by atoms with E-state index in [1.807, 2.05) is 30.5 Å². The second-order valence-corrected chi connectivity index (χ2v) is 8.12. The Morgan fingerprint density at radius 1 is 1.23 bits per heavy atom. The Morgan fingerprint density at radius 3 is 2.47 bits per heavy atom. The van der Waals surface area contributed by atoms with Gasteiger partial charge in [-0.1, -0.05) is 6.07 Å². The predicted octanol–water partition coefficient (Wildman–Crippen LogP) is 3.99. The zero-order chi connectivity index (χ0) is 21.6. The summed E-state index contributed by atoms with van der Waals surface area (Å²) >= 11 is 13.4. The molecule has 6 nitrogen and oxygen atoms in total. The third kappa shape index (κ3) is 10.3. The third-order valence-electron chi connectivity index (χ3n) is 4.19. The Balaban J connectivity index is 0.00000841. The molecule has 0 radical (unpaired) electrons. The first-order valence-corrected chi connectivity index (χ1v) is 12.1. The fourth-order valence-electron chi connectivity index (χ4n) is 2.71. The number of nitrogens with one attached hydrogen (secondary N) is 2. The van der Waals surface area contributed by atoms with E-state index in [2.05, 4.69) is 15.5 Å². The minimum atomic E-state index is -0.645. The van der Waals surface area contributed by atoms with Crippen LogP contribution in [0, 0.1) is 0 Å². The summed E-state index contributed by atoms with van der Waals surface area (Å²) in [6.07, 6.45) is 2.48. The molecule has 0 aromatic heterocycles. The summed E-state index contributed by atoms with van der Waals surface area (Å²) in [7, 11) is 0. The van der Waals surface area contributed by atoms with Crippen molar-refractivity contribution < 1.29 is 14.3 Å². The van der Waals surface area contributed by atoms with Gasteiger partial charge in [0.05, 0.1) is 6.61 Å². The number of alkyl halides is 2. The molecule has 1 rings (SSSR count). The van der Waals surface area contributed by atoms with Crippen LogP contribution in [0.25, 0.3) is 0 Å². The number of halogens is 3. The maximum Gasteiger partial charge on any atom is 0.328 e. The van der Waals surface area contributed by atoms with E-state index in [4.69, 9.17) is 27.9 Å². The van der Waals surface area contributed by atoms with Crippen LogP contribution in [0.2, 0.25) is 0 Å². The lowest BCUT2D eigenvalue weighted by Crippen LogP contribution is -2.47. The Kier molecular flexibility index (Phi) is 16.1. The number of rotatable bonds is 14. The number of carbonyl (C=O) groups is 2. The molecule has 0 aliphatic heterocycles. The molecule has 10 heteroatoms. The summed E-state index contributed by atoms with van der Waals surface area (Å²) in [6.45, 7) is 5.16. The molecular weight excluding hydrogens is 469 g/mol. The van der Waals surface area contributed by atoms with Crippen LogP contribution < -0.4 is 15.5 Å². The van der Waals surface area contributed by atoms with Gasteiger partial charge < -0.3 is 20.3 Å². The Bertz CT molecular complexity index is 634. The minimum Gasteiger partial charge on any atom is -0.464 e. The van der Waals surface area contributed by atoms with Crippen molar-refractivity contribution in [2.45, 2.75) is 32.4 Å². The lowest BCUT2D eigenvalue weighted by atomic mass is 10.2. The zero-order valence-electron chi connectivity index (χ0n) is 17.7. The number of thioether (sulfide) groups is 1. The lowest BCUT2D eigenvalue weighted by Gasteiger charge is -2.24. The Hall–Kier alpha value is -1.02. The molecule has 0 aliphatic carbocycles. The Morgan fingerprint density at radius 2 is 1.90 bits per heavy atom. The van der Waals surface area contributed by atoms with Crippen molar-refractivity contribution in [3.63, 3.8) is 0 Å². The van der Waals surface area contributed by atoms with Crippen LogP contribution in [0.5, 0.6) is 0 Å². The van der Waals surface area contributed by atoms with Crippen molar-refractivity contribution in [2.24, 2.45) is 0 Å². The number of hydrogen-bond acceptors (Lipinski definition) is 6. The molecular formula is C20H32Cl3N3O3S. The molecule has 0 saturated heterocycles. The summed E-state index contributed by atoms with van der Waals surface area (Å²) in [6, 6.07) is 6.58. The fraction of sp³-hybridized carbons (Fsp3) is 0.600. The topological polar surface area (TPSA) is 70.7 Å². The maximum atomic E-state index is 12.6. The van der Waals surface area contributed by atoms with Gasteiger partial charge >= 0.3 is 5.97 Å². The summed E-state index contributed by atoms with van der Waals surface area (Å²) in [5.41, 5.74) is 1.78. The quantitative estimate of drug-likeness (QED) is 0.297. The van der Waals surface area contributed by atoms with Crippen molar-refractivity contribution >= 4 is 70.6 Å². The average molecular weight is 501 g/mol. The van der Waals surface area contributed by atoms with E-state index in [1.165, 1.54) is 0 Å². The smallest absolute Gasteiger partial charge is 0.328 e. The molecule has 0 saturated carbocycles. The SMILES string of the molecule is CCOC(=O)[C@H](CCSC)NC(=O)[C@H](C)Nc1cccc(N(CCCl)CCCl)c1.Cl. The van der Waals surface area contributed by atoms with E-state index in [-0.39, 0.29) is 24.9 Å². The van der Waals surface area contributed by atoms with Crippen LogP contribution in [0.15, 0.2) is 24.3 Å². The molecule has 1 amide bonds. The van der Waals surface area contributed by atoms with Gasteiger partial charge in [0.15, 0.2) is 0 Å². The van der Waals surface area contributed by atoms with E-state index in [9.17, 15) is 9.59 Å². The number of esters is 1. The molecule has 0 aliphatic rings. The van der Waals surface area contributed by atoms with Crippen LogP contribution in [0.3, 0.4) is 0 Å². The summed E-state index contributed by atoms with van der Waals surface area (Å²) in [4.78, 5) is 26.8. The van der Waals surface area contributed by atoms with Crippen LogP contribution in [0.4, 0.5) is 11.4 Å². The number of anilines is 2. The molecule has 2 atom stereocenters. The van der Waals surface area contributed by atoms with E-state index < -0.39 is 18.1 Å². The van der Waals surface area contributed by atoms with Gasteiger partial charge in [-0.2, -0.15) is 11.8 Å². The Labute approximate surface area is 200 Å².